The maximum atomic E-state index is 4.38. The fraction of sp³-hybridized carbons (Fsp3) is 0.950. The molecule has 154 valence electrons. The molecule has 1 heterocycles. The van der Waals surface area contributed by atoms with Crippen LogP contribution >= 0.6 is 24.0 Å². The highest BCUT2D eigenvalue weighted by Gasteiger charge is 2.16. The molecule has 1 saturated heterocycles. The van der Waals surface area contributed by atoms with Gasteiger partial charge in [0.15, 0.2) is 5.96 Å². The first-order valence-corrected chi connectivity index (χ1v) is 10.5. The molecule has 0 amide bonds. The van der Waals surface area contributed by atoms with Gasteiger partial charge in [-0.25, -0.2) is 0 Å². The van der Waals surface area contributed by atoms with Crippen molar-refractivity contribution in [1.29, 1.82) is 0 Å². The molecule has 26 heavy (non-hydrogen) atoms. The highest BCUT2D eigenvalue weighted by Crippen LogP contribution is 2.26. The molecule has 0 aromatic carbocycles. The Balaban J connectivity index is 0.00000338. The summed E-state index contributed by atoms with van der Waals surface area (Å²) in [7, 11) is 4.09. The van der Waals surface area contributed by atoms with Crippen LogP contribution in [0.25, 0.3) is 0 Å². The van der Waals surface area contributed by atoms with Crippen LogP contribution in [0.15, 0.2) is 4.99 Å². The van der Waals surface area contributed by atoms with Gasteiger partial charge in [0.25, 0.3) is 0 Å². The maximum absolute atomic E-state index is 4.38. The zero-order valence-electron chi connectivity index (χ0n) is 17.3. The Labute approximate surface area is 178 Å². The third-order valence-electron chi connectivity index (χ3n) is 5.81. The molecule has 0 radical (unpaired) electrons. The summed E-state index contributed by atoms with van der Waals surface area (Å²) in [6.45, 7) is 10.4. The third-order valence-corrected chi connectivity index (χ3v) is 5.81. The van der Waals surface area contributed by atoms with Crippen molar-refractivity contribution in [3.8, 4) is 0 Å². The molecule has 1 aliphatic heterocycles. The van der Waals surface area contributed by atoms with E-state index in [4.69, 9.17) is 0 Å². The van der Waals surface area contributed by atoms with Crippen molar-refractivity contribution in [3.63, 3.8) is 0 Å². The summed E-state index contributed by atoms with van der Waals surface area (Å²) in [5.41, 5.74) is 0. The monoisotopic (exact) mass is 479 g/mol. The Morgan fingerprint density at radius 3 is 2.42 bits per heavy atom. The van der Waals surface area contributed by atoms with Gasteiger partial charge in [0.2, 0.25) is 0 Å². The summed E-state index contributed by atoms with van der Waals surface area (Å²) in [6, 6.07) is 0. The summed E-state index contributed by atoms with van der Waals surface area (Å²) in [6.07, 6.45) is 9.91. The molecule has 1 saturated carbocycles. The first-order chi connectivity index (χ1) is 12.2. The van der Waals surface area contributed by atoms with E-state index in [1.807, 2.05) is 7.05 Å². The van der Waals surface area contributed by atoms with Crippen LogP contribution in [0.2, 0.25) is 0 Å². The van der Waals surface area contributed by atoms with Crippen molar-refractivity contribution in [1.82, 2.24) is 20.4 Å². The van der Waals surface area contributed by atoms with E-state index in [1.54, 1.807) is 0 Å². The molecule has 2 N–H and O–H groups in total. The van der Waals surface area contributed by atoms with Gasteiger partial charge in [0.1, 0.15) is 0 Å². The largest absolute Gasteiger partial charge is 0.356 e. The quantitative estimate of drug-likeness (QED) is 0.243. The minimum Gasteiger partial charge on any atom is -0.356 e. The number of hydrogen-bond acceptors (Lipinski definition) is 3. The number of likely N-dealkylation sites (N-methyl/N-ethyl adjacent to an activating group) is 1. The van der Waals surface area contributed by atoms with E-state index >= 15 is 0 Å². The zero-order chi connectivity index (χ0) is 17.9. The fourth-order valence-electron chi connectivity index (χ4n) is 4.10. The zero-order valence-corrected chi connectivity index (χ0v) is 19.6. The van der Waals surface area contributed by atoms with Gasteiger partial charge in [-0.2, -0.15) is 0 Å². The predicted molar refractivity (Wildman–Crippen MR) is 124 cm³/mol. The SMILES string of the molecule is CN=C(NCCCC1CCCCC1)NCC(C)CN1CCN(C)CC1.I. The van der Waals surface area contributed by atoms with Crippen LogP contribution in [0.3, 0.4) is 0 Å². The van der Waals surface area contributed by atoms with E-state index in [2.05, 4.69) is 39.4 Å². The van der Waals surface area contributed by atoms with Gasteiger partial charge in [-0.3, -0.25) is 4.99 Å². The number of hydrogen-bond donors (Lipinski definition) is 2. The number of rotatable bonds is 8. The van der Waals surface area contributed by atoms with E-state index in [1.165, 1.54) is 77.7 Å². The van der Waals surface area contributed by atoms with Crippen LogP contribution in [0.1, 0.15) is 51.9 Å². The molecule has 0 bridgehead atoms. The van der Waals surface area contributed by atoms with Crippen LogP contribution < -0.4 is 10.6 Å². The van der Waals surface area contributed by atoms with E-state index in [0.29, 0.717) is 5.92 Å². The second kappa shape index (κ2) is 14.0. The topological polar surface area (TPSA) is 42.9 Å². The van der Waals surface area contributed by atoms with Gasteiger partial charge < -0.3 is 20.4 Å². The molecule has 2 rings (SSSR count). The van der Waals surface area contributed by atoms with Crippen LogP contribution in [-0.4, -0.2) is 75.7 Å². The first-order valence-electron chi connectivity index (χ1n) is 10.5. The number of guanidine groups is 1. The van der Waals surface area contributed by atoms with Crippen molar-refractivity contribution in [2.24, 2.45) is 16.8 Å². The molecule has 0 aromatic heterocycles. The molecule has 5 nitrogen and oxygen atoms in total. The molecule has 2 aliphatic rings. The summed E-state index contributed by atoms with van der Waals surface area (Å²) < 4.78 is 0. The second-order valence-electron chi connectivity index (χ2n) is 8.24. The minimum absolute atomic E-state index is 0. The standard InChI is InChI=1S/C20H41N5.HI/c1-18(17-25-14-12-24(3)13-15-25)16-23-20(21-2)22-11-7-10-19-8-5-4-6-9-19;/h18-19H,4-17H2,1-3H3,(H2,21,22,23);1H. The Kier molecular flexibility index (Phi) is 12.9. The molecule has 2 fully saturated rings. The highest BCUT2D eigenvalue weighted by atomic mass is 127. The number of nitrogens with zero attached hydrogens (tertiary/aromatic N) is 3. The predicted octanol–water partition coefficient (Wildman–Crippen LogP) is 3.01. The van der Waals surface area contributed by atoms with Crippen molar-refractivity contribution in [3.05, 3.63) is 0 Å². The lowest BCUT2D eigenvalue weighted by molar-refractivity contribution is 0.139. The van der Waals surface area contributed by atoms with E-state index in [0.717, 1.165) is 25.0 Å². The molecule has 1 unspecified atom stereocenters. The normalized spacial score (nSPS) is 21.9. The average Bonchev–Trinajstić information content (AvgIpc) is 2.64. The van der Waals surface area contributed by atoms with E-state index < -0.39 is 0 Å². The van der Waals surface area contributed by atoms with E-state index in [-0.39, 0.29) is 24.0 Å². The van der Waals surface area contributed by atoms with Crippen LogP contribution in [0.5, 0.6) is 0 Å². The van der Waals surface area contributed by atoms with Crippen LogP contribution in [0, 0.1) is 11.8 Å². The lowest BCUT2D eigenvalue weighted by Gasteiger charge is -2.34. The van der Waals surface area contributed by atoms with E-state index in [9.17, 15) is 0 Å². The van der Waals surface area contributed by atoms with Crippen LogP contribution in [0.4, 0.5) is 0 Å². The summed E-state index contributed by atoms with van der Waals surface area (Å²) in [5.74, 6) is 2.59. The highest BCUT2D eigenvalue weighted by molar-refractivity contribution is 14.0. The number of aliphatic imine (C=N–C) groups is 1. The third kappa shape index (κ3) is 9.74. The summed E-state index contributed by atoms with van der Waals surface area (Å²) >= 11 is 0. The van der Waals surface area contributed by atoms with Gasteiger partial charge in [0, 0.05) is 52.9 Å². The Hall–Kier alpha value is -0.0800. The second-order valence-corrected chi connectivity index (χ2v) is 8.24. The average molecular weight is 479 g/mol. The fourth-order valence-corrected chi connectivity index (χ4v) is 4.10. The lowest BCUT2D eigenvalue weighted by Crippen LogP contribution is -2.47. The minimum atomic E-state index is 0. The van der Waals surface area contributed by atoms with Crippen molar-refractivity contribution in [2.45, 2.75) is 51.9 Å². The van der Waals surface area contributed by atoms with Crippen molar-refractivity contribution in [2.75, 3.05) is 59.9 Å². The molecule has 6 heteroatoms. The molecule has 0 spiro atoms. The Morgan fingerprint density at radius 1 is 1.08 bits per heavy atom. The molecular weight excluding hydrogens is 437 g/mol. The van der Waals surface area contributed by atoms with Gasteiger partial charge in [-0.05, 0) is 31.7 Å². The van der Waals surface area contributed by atoms with Crippen molar-refractivity contribution >= 4 is 29.9 Å². The van der Waals surface area contributed by atoms with Gasteiger partial charge >= 0.3 is 0 Å². The molecular formula is C20H42IN5. The van der Waals surface area contributed by atoms with Crippen LogP contribution in [-0.2, 0) is 0 Å². The summed E-state index contributed by atoms with van der Waals surface area (Å²) in [4.78, 5) is 9.38. The van der Waals surface area contributed by atoms with Gasteiger partial charge in [-0.15, -0.1) is 24.0 Å². The number of nitrogens with one attached hydrogen (secondary N) is 2. The summed E-state index contributed by atoms with van der Waals surface area (Å²) in [5, 5.41) is 7.00. The number of halogens is 1. The molecule has 0 aromatic rings. The smallest absolute Gasteiger partial charge is 0.190 e. The van der Waals surface area contributed by atoms with Gasteiger partial charge in [-0.1, -0.05) is 39.0 Å². The lowest BCUT2D eigenvalue weighted by atomic mass is 9.86. The maximum Gasteiger partial charge on any atom is 0.190 e. The Bertz CT molecular complexity index is 376. The van der Waals surface area contributed by atoms with Gasteiger partial charge in [0.05, 0.1) is 0 Å². The first kappa shape index (κ1) is 24.0. The molecule has 1 aliphatic carbocycles. The van der Waals surface area contributed by atoms with Crippen molar-refractivity contribution < 1.29 is 0 Å². The Morgan fingerprint density at radius 2 is 1.77 bits per heavy atom. The molecule has 1 atom stereocenters. The number of piperazine rings is 1.